The Labute approximate surface area is 98.3 Å². The third kappa shape index (κ3) is 2.76. The van der Waals surface area contributed by atoms with Crippen LogP contribution in [0.4, 0.5) is 4.39 Å². The summed E-state index contributed by atoms with van der Waals surface area (Å²) in [7, 11) is 0. The first-order valence-electron chi connectivity index (χ1n) is 5.14. The predicted octanol–water partition coefficient (Wildman–Crippen LogP) is 2.18. The van der Waals surface area contributed by atoms with Crippen LogP contribution < -0.4 is 10.5 Å². The SMILES string of the molecule is Cc1cc(F)ccc1Oc1ncc(CN)cn1. The van der Waals surface area contributed by atoms with Crippen molar-refractivity contribution >= 4 is 0 Å². The fraction of sp³-hybridized carbons (Fsp3) is 0.167. The number of nitrogens with zero attached hydrogens (tertiary/aromatic N) is 2. The highest BCUT2D eigenvalue weighted by molar-refractivity contribution is 5.34. The first-order chi connectivity index (χ1) is 8.19. The lowest BCUT2D eigenvalue weighted by Crippen LogP contribution is -1.99. The normalized spacial score (nSPS) is 10.3. The molecule has 2 aromatic rings. The van der Waals surface area contributed by atoms with Crippen molar-refractivity contribution in [3.05, 3.63) is 47.5 Å². The van der Waals surface area contributed by atoms with Gasteiger partial charge in [-0.25, -0.2) is 14.4 Å². The van der Waals surface area contributed by atoms with Gasteiger partial charge in [0.25, 0.3) is 0 Å². The van der Waals surface area contributed by atoms with Gasteiger partial charge >= 0.3 is 6.01 Å². The van der Waals surface area contributed by atoms with E-state index in [1.165, 1.54) is 12.1 Å². The Balaban J connectivity index is 2.19. The second-order valence-corrected chi connectivity index (χ2v) is 3.59. The van der Waals surface area contributed by atoms with Crippen molar-refractivity contribution in [1.82, 2.24) is 9.97 Å². The minimum Gasteiger partial charge on any atom is -0.424 e. The van der Waals surface area contributed by atoms with Gasteiger partial charge < -0.3 is 10.5 Å². The highest BCUT2D eigenvalue weighted by Crippen LogP contribution is 2.22. The van der Waals surface area contributed by atoms with Crippen LogP contribution in [0.1, 0.15) is 11.1 Å². The first-order valence-corrected chi connectivity index (χ1v) is 5.14. The Morgan fingerprint density at radius 2 is 2.00 bits per heavy atom. The van der Waals surface area contributed by atoms with Crippen LogP contribution in [0.5, 0.6) is 11.8 Å². The second-order valence-electron chi connectivity index (χ2n) is 3.59. The number of aryl methyl sites for hydroxylation is 1. The maximum absolute atomic E-state index is 12.9. The van der Waals surface area contributed by atoms with Gasteiger partial charge in [-0.1, -0.05) is 0 Å². The Bertz CT molecular complexity index is 514. The summed E-state index contributed by atoms with van der Waals surface area (Å²) in [6.45, 7) is 2.14. The number of ether oxygens (including phenoxy) is 1. The summed E-state index contributed by atoms with van der Waals surface area (Å²) < 4.78 is 18.3. The molecule has 17 heavy (non-hydrogen) atoms. The molecule has 2 rings (SSSR count). The van der Waals surface area contributed by atoms with E-state index < -0.39 is 0 Å². The molecule has 0 spiro atoms. The summed E-state index contributed by atoms with van der Waals surface area (Å²) in [5.74, 6) is 0.237. The molecule has 0 saturated carbocycles. The van der Waals surface area contributed by atoms with Gasteiger partial charge in [0.1, 0.15) is 11.6 Å². The fourth-order valence-electron chi connectivity index (χ4n) is 1.33. The van der Waals surface area contributed by atoms with Crippen LogP contribution in [-0.4, -0.2) is 9.97 Å². The van der Waals surface area contributed by atoms with E-state index in [0.29, 0.717) is 17.9 Å². The Morgan fingerprint density at radius 1 is 1.29 bits per heavy atom. The molecule has 0 aliphatic heterocycles. The Morgan fingerprint density at radius 3 is 2.59 bits per heavy atom. The standard InChI is InChI=1S/C12H12FN3O/c1-8-4-10(13)2-3-11(8)17-12-15-6-9(5-14)7-16-12/h2-4,6-7H,5,14H2,1H3. The first kappa shape index (κ1) is 11.5. The molecule has 0 radical (unpaired) electrons. The lowest BCUT2D eigenvalue weighted by Gasteiger charge is -2.06. The average Bonchev–Trinajstić information content (AvgIpc) is 2.34. The molecule has 4 nitrogen and oxygen atoms in total. The Hall–Kier alpha value is -2.01. The van der Waals surface area contributed by atoms with Crippen LogP contribution in [0, 0.1) is 12.7 Å². The fourth-order valence-corrected chi connectivity index (χ4v) is 1.33. The molecule has 0 saturated heterocycles. The number of halogens is 1. The van der Waals surface area contributed by atoms with E-state index in [2.05, 4.69) is 9.97 Å². The minimum atomic E-state index is -0.297. The molecule has 1 heterocycles. The van der Waals surface area contributed by atoms with Crippen LogP contribution in [0.3, 0.4) is 0 Å². The maximum atomic E-state index is 12.9. The zero-order valence-electron chi connectivity index (χ0n) is 9.35. The van der Waals surface area contributed by atoms with Crippen molar-refractivity contribution in [1.29, 1.82) is 0 Å². The monoisotopic (exact) mass is 233 g/mol. The number of rotatable bonds is 3. The zero-order valence-corrected chi connectivity index (χ0v) is 9.35. The molecule has 0 unspecified atom stereocenters. The molecular weight excluding hydrogens is 221 g/mol. The van der Waals surface area contributed by atoms with E-state index >= 15 is 0 Å². The van der Waals surface area contributed by atoms with Crippen LogP contribution in [0.25, 0.3) is 0 Å². The summed E-state index contributed by atoms with van der Waals surface area (Å²) in [6, 6.07) is 4.49. The number of hydrogen-bond acceptors (Lipinski definition) is 4. The second kappa shape index (κ2) is 4.88. The summed E-state index contributed by atoms with van der Waals surface area (Å²) in [5, 5.41) is 0. The van der Waals surface area contributed by atoms with E-state index in [9.17, 15) is 4.39 Å². The molecule has 88 valence electrons. The van der Waals surface area contributed by atoms with Gasteiger partial charge in [0.2, 0.25) is 0 Å². The lowest BCUT2D eigenvalue weighted by atomic mass is 10.2. The van der Waals surface area contributed by atoms with Crippen LogP contribution in [0.15, 0.2) is 30.6 Å². The summed E-state index contributed by atoms with van der Waals surface area (Å²) in [5.41, 5.74) is 6.95. The van der Waals surface area contributed by atoms with Gasteiger partial charge in [-0.3, -0.25) is 0 Å². The molecule has 0 bridgehead atoms. The van der Waals surface area contributed by atoms with E-state index in [0.717, 1.165) is 5.56 Å². The molecule has 1 aromatic heterocycles. The van der Waals surface area contributed by atoms with E-state index in [-0.39, 0.29) is 11.8 Å². The highest BCUT2D eigenvalue weighted by atomic mass is 19.1. The molecule has 2 N–H and O–H groups in total. The van der Waals surface area contributed by atoms with Gasteiger partial charge in [-0.15, -0.1) is 0 Å². The molecule has 0 amide bonds. The lowest BCUT2D eigenvalue weighted by molar-refractivity contribution is 0.436. The predicted molar refractivity (Wildman–Crippen MR) is 61.1 cm³/mol. The van der Waals surface area contributed by atoms with Crippen molar-refractivity contribution < 1.29 is 9.13 Å². The average molecular weight is 233 g/mol. The highest BCUT2D eigenvalue weighted by Gasteiger charge is 2.04. The third-order valence-corrected chi connectivity index (χ3v) is 2.26. The van der Waals surface area contributed by atoms with Crippen LogP contribution >= 0.6 is 0 Å². The summed E-state index contributed by atoms with van der Waals surface area (Å²) in [4.78, 5) is 8.00. The number of aromatic nitrogens is 2. The molecule has 1 aromatic carbocycles. The largest absolute Gasteiger partial charge is 0.424 e. The number of nitrogens with two attached hydrogens (primary N) is 1. The zero-order chi connectivity index (χ0) is 12.3. The molecule has 0 fully saturated rings. The van der Waals surface area contributed by atoms with Gasteiger partial charge in [0, 0.05) is 24.5 Å². The molecule has 0 atom stereocenters. The molecule has 5 heteroatoms. The minimum absolute atomic E-state index is 0.219. The molecular formula is C12H12FN3O. The van der Waals surface area contributed by atoms with Crippen molar-refractivity contribution in [3.8, 4) is 11.8 Å². The number of hydrogen-bond donors (Lipinski definition) is 1. The third-order valence-electron chi connectivity index (χ3n) is 2.26. The van der Waals surface area contributed by atoms with Crippen molar-refractivity contribution in [3.63, 3.8) is 0 Å². The Kier molecular flexibility index (Phi) is 3.30. The van der Waals surface area contributed by atoms with Crippen LogP contribution in [-0.2, 0) is 6.54 Å². The van der Waals surface area contributed by atoms with Crippen LogP contribution in [0.2, 0.25) is 0 Å². The van der Waals surface area contributed by atoms with E-state index in [4.69, 9.17) is 10.5 Å². The van der Waals surface area contributed by atoms with Crippen molar-refractivity contribution in [2.75, 3.05) is 0 Å². The van der Waals surface area contributed by atoms with Crippen molar-refractivity contribution in [2.24, 2.45) is 5.73 Å². The van der Waals surface area contributed by atoms with Gasteiger partial charge in [0.05, 0.1) is 0 Å². The summed E-state index contributed by atoms with van der Waals surface area (Å²) in [6.07, 6.45) is 3.20. The van der Waals surface area contributed by atoms with Crippen molar-refractivity contribution in [2.45, 2.75) is 13.5 Å². The maximum Gasteiger partial charge on any atom is 0.321 e. The molecule has 0 aliphatic carbocycles. The van der Waals surface area contributed by atoms with Gasteiger partial charge in [0.15, 0.2) is 0 Å². The van der Waals surface area contributed by atoms with E-state index in [1.807, 2.05) is 0 Å². The topological polar surface area (TPSA) is 61.0 Å². The smallest absolute Gasteiger partial charge is 0.321 e. The molecule has 0 aliphatic rings. The quantitative estimate of drug-likeness (QED) is 0.882. The summed E-state index contributed by atoms with van der Waals surface area (Å²) >= 11 is 0. The van der Waals surface area contributed by atoms with Gasteiger partial charge in [-0.2, -0.15) is 0 Å². The van der Waals surface area contributed by atoms with E-state index in [1.54, 1.807) is 25.4 Å². The van der Waals surface area contributed by atoms with Gasteiger partial charge in [-0.05, 0) is 30.7 Å². The number of benzene rings is 1.